The van der Waals surface area contributed by atoms with Gasteiger partial charge in [-0.15, -0.1) is 0 Å². The zero-order valence-corrected chi connectivity index (χ0v) is 7.88. The largest absolute Gasteiger partial charge is 0.347 e. The maximum absolute atomic E-state index is 10.9. The Balaban J connectivity index is 2.33. The van der Waals surface area contributed by atoms with Gasteiger partial charge in [-0.2, -0.15) is 9.98 Å². The van der Waals surface area contributed by atoms with Crippen LogP contribution in [0.15, 0.2) is 20.0 Å². The minimum Gasteiger partial charge on any atom is -0.347 e. The fourth-order valence-electron chi connectivity index (χ4n) is 1.10. The van der Waals surface area contributed by atoms with Gasteiger partial charge in [-0.1, -0.05) is 0 Å². The van der Waals surface area contributed by atoms with Crippen molar-refractivity contribution in [2.24, 2.45) is 20.0 Å². The number of guanidine groups is 1. The highest BCUT2D eigenvalue weighted by Gasteiger charge is 2.22. The molecule has 2 rings (SSSR count). The molecule has 0 aromatic heterocycles. The van der Waals surface area contributed by atoms with Crippen LogP contribution in [0.1, 0.15) is 0 Å². The summed E-state index contributed by atoms with van der Waals surface area (Å²) in [4.78, 5) is 28.6. The number of fused-ring (bicyclic) bond motifs is 1. The quantitative estimate of drug-likeness (QED) is 0.511. The molecule has 0 aromatic carbocycles. The predicted molar refractivity (Wildman–Crippen MR) is 54.3 cm³/mol. The van der Waals surface area contributed by atoms with Crippen molar-refractivity contribution in [3.05, 3.63) is 0 Å². The zero-order chi connectivity index (χ0) is 10.1. The second kappa shape index (κ2) is 3.13. The highest BCUT2D eigenvalue weighted by molar-refractivity contribution is 6.33. The summed E-state index contributed by atoms with van der Waals surface area (Å²) in [7, 11) is 3.65. The van der Waals surface area contributed by atoms with Gasteiger partial charge in [0.05, 0.1) is 6.21 Å². The van der Waals surface area contributed by atoms with Crippen LogP contribution in [0, 0.1) is 0 Å². The standard InChI is InChI=1S/C8H9N5O/c1-13(2)8-10-3-5-7(12-8)11-6(14)4-9-5/h3-5H,1-2H3. The molecule has 0 radical (unpaired) electrons. The Morgan fingerprint density at radius 2 is 2.14 bits per heavy atom. The summed E-state index contributed by atoms with van der Waals surface area (Å²) in [5, 5.41) is 0. The van der Waals surface area contributed by atoms with E-state index in [2.05, 4.69) is 20.0 Å². The summed E-state index contributed by atoms with van der Waals surface area (Å²) < 4.78 is 0. The molecule has 6 heteroatoms. The van der Waals surface area contributed by atoms with Crippen LogP contribution in [-0.4, -0.2) is 55.2 Å². The second-order valence-electron chi connectivity index (χ2n) is 3.12. The van der Waals surface area contributed by atoms with Gasteiger partial charge in [0.15, 0.2) is 5.84 Å². The normalized spacial score (nSPS) is 24.1. The van der Waals surface area contributed by atoms with Crippen LogP contribution < -0.4 is 0 Å². The number of aliphatic imine (C=N–C) groups is 4. The minimum atomic E-state index is -0.367. The van der Waals surface area contributed by atoms with Crippen LogP contribution in [0.4, 0.5) is 0 Å². The van der Waals surface area contributed by atoms with E-state index in [4.69, 9.17) is 0 Å². The molecule has 1 amide bonds. The summed E-state index contributed by atoms with van der Waals surface area (Å²) in [6, 6.07) is -0.295. The van der Waals surface area contributed by atoms with Crippen molar-refractivity contribution in [3.63, 3.8) is 0 Å². The molecule has 2 heterocycles. The molecule has 0 N–H and O–H groups in total. The molecule has 1 atom stereocenters. The van der Waals surface area contributed by atoms with Crippen LogP contribution in [0.5, 0.6) is 0 Å². The Kier molecular flexibility index (Phi) is 1.95. The molecule has 0 saturated carbocycles. The van der Waals surface area contributed by atoms with Crippen LogP contribution in [0.2, 0.25) is 0 Å². The monoisotopic (exact) mass is 191 g/mol. The van der Waals surface area contributed by atoms with Crippen molar-refractivity contribution < 1.29 is 4.79 Å². The lowest BCUT2D eigenvalue weighted by Gasteiger charge is -2.18. The Morgan fingerprint density at radius 1 is 1.36 bits per heavy atom. The molecule has 2 aliphatic heterocycles. The number of hydrogen-bond donors (Lipinski definition) is 0. The van der Waals surface area contributed by atoms with Crippen molar-refractivity contribution >= 4 is 30.1 Å². The Labute approximate surface area is 80.8 Å². The van der Waals surface area contributed by atoms with Crippen LogP contribution in [0.3, 0.4) is 0 Å². The van der Waals surface area contributed by atoms with Gasteiger partial charge in [-0.25, -0.2) is 4.99 Å². The average Bonchev–Trinajstić information content (AvgIpc) is 2.16. The predicted octanol–water partition coefficient (Wildman–Crippen LogP) is -0.634. The molecule has 0 bridgehead atoms. The zero-order valence-electron chi connectivity index (χ0n) is 7.88. The van der Waals surface area contributed by atoms with Gasteiger partial charge in [0, 0.05) is 20.3 Å². The van der Waals surface area contributed by atoms with Gasteiger partial charge in [0.2, 0.25) is 5.96 Å². The van der Waals surface area contributed by atoms with Crippen LogP contribution >= 0.6 is 0 Å². The average molecular weight is 191 g/mol. The molecule has 0 fully saturated rings. The van der Waals surface area contributed by atoms with Crippen molar-refractivity contribution in [3.8, 4) is 0 Å². The van der Waals surface area contributed by atoms with Gasteiger partial charge in [0.25, 0.3) is 5.91 Å². The van der Waals surface area contributed by atoms with Crippen molar-refractivity contribution in [2.45, 2.75) is 6.04 Å². The van der Waals surface area contributed by atoms with E-state index in [-0.39, 0.29) is 11.9 Å². The number of amides is 1. The Morgan fingerprint density at radius 3 is 2.86 bits per heavy atom. The van der Waals surface area contributed by atoms with Gasteiger partial charge >= 0.3 is 0 Å². The van der Waals surface area contributed by atoms with Gasteiger partial charge in [-0.05, 0) is 0 Å². The third kappa shape index (κ3) is 1.46. The first-order valence-electron chi connectivity index (χ1n) is 4.13. The highest BCUT2D eigenvalue weighted by atomic mass is 16.1. The van der Waals surface area contributed by atoms with Crippen LogP contribution in [-0.2, 0) is 4.79 Å². The molecule has 6 nitrogen and oxygen atoms in total. The molecule has 2 aliphatic rings. The number of rotatable bonds is 0. The summed E-state index contributed by atoms with van der Waals surface area (Å²) in [5.41, 5.74) is 0. The SMILES string of the molecule is CN(C)C1=NC2=NC(=O)C=NC2C=N1. The van der Waals surface area contributed by atoms with E-state index in [9.17, 15) is 4.79 Å². The van der Waals surface area contributed by atoms with Crippen molar-refractivity contribution in [1.29, 1.82) is 0 Å². The van der Waals surface area contributed by atoms with E-state index in [1.165, 1.54) is 6.21 Å². The molecule has 0 saturated heterocycles. The number of carbonyl (C=O) groups excluding carboxylic acids is 1. The van der Waals surface area contributed by atoms with Gasteiger partial charge in [-0.3, -0.25) is 9.79 Å². The molecule has 0 spiro atoms. The Hall–Kier alpha value is -1.85. The first-order chi connectivity index (χ1) is 6.66. The summed E-state index contributed by atoms with van der Waals surface area (Å²) in [6.45, 7) is 0. The fraction of sp³-hybridized carbons (Fsp3) is 0.375. The molecule has 14 heavy (non-hydrogen) atoms. The van der Waals surface area contributed by atoms with E-state index < -0.39 is 0 Å². The lowest BCUT2D eigenvalue weighted by Crippen LogP contribution is -2.33. The van der Waals surface area contributed by atoms with Crippen molar-refractivity contribution in [1.82, 2.24) is 4.90 Å². The van der Waals surface area contributed by atoms with E-state index in [0.717, 1.165) is 0 Å². The van der Waals surface area contributed by atoms with E-state index in [0.29, 0.717) is 11.8 Å². The smallest absolute Gasteiger partial charge is 0.289 e. The maximum atomic E-state index is 10.9. The Bertz CT molecular complexity index is 391. The minimum absolute atomic E-state index is 0.295. The highest BCUT2D eigenvalue weighted by Crippen LogP contribution is 2.06. The van der Waals surface area contributed by atoms with Crippen LogP contribution in [0.25, 0.3) is 0 Å². The van der Waals surface area contributed by atoms with Crippen molar-refractivity contribution in [2.75, 3.05) is 14.1 Å². The summed E-state index contributed by atoms with van der Waals surface area (Å²) in [5.74, 6) is 0.578. The number of nitrogens with zero attached hydrogens (tertiary/aromatic N) is 5. The number of hydrogen-bond acceptors (Lipinski definition) is 5. The topological polar surface area (TPSA) is 69.8 Å². The fourth-order valence-corrected chi connectivity index (χ4v) is 1.10. The third-order valence-electron chi connectivity index (χ3n) is 1.78. The van der Waals surface area contributed by atoms with E-state index >= 15 is 0 Å². The maximum Gasteiger partial charge on any atom is 0.289 e. The summed E-state index contributed by atoms with van der Waals surface area (Å²) >= 11 is 0. The van der Waals surface area contributed by atoms with E-state index in [1.807, 2.05) is 14.1 Å². The molecule has 0 aromatic rings. The number of amidine groups is 1. The third-order valence-corrected chi connectivity index (χ3v) is 1.78. The van der Waals surface area contributed by atoms with E-state index in [1.54, 1.807) is 11.1 Å². The molecular formula is C8H9N5O. The molecule has 72 valence electrons. The first kappa shape index (κ1) is 8.74. The lowest BCUT2D eigenvalue weighted by atomic mass is 10.2. The van der Waals surface area contributed by atoms with Gasteiger partial charge < -0.3 is 4.90 Å². The molecule has 1 unspecified atom stereocenters. The lowest BCUT2D eigenvalue weighted by molar-refractivity contribution is -0.111. The van der Waals surface area contributed by atoms with Gasteiger partial charge in [0.1, 0.15) is 6.04 Å². The first-order valence-corrected chi connectivity index (χ1v) is 4.13. The second-order valence-corrected chi connectivity index (χ2v) is 3.12. The molecular weight excluding hydrogens is 182 g/mol. The molecule has 0 aliphatic carbocycles. The summed E-state index contributed by atoms with van der Waals surface area (Å²) in [6.07, 6.45) is 2.82. The number of carbonyl (C=O) groups is 1.